The number of pyridine rings is 1. The molecule has 1 aliphatic rings. The van der Waals surface area contributed by atoms with E-state index in [2.05, 4.69) is 15.6 Å². The molecule has 1 atom stereocenters. The van der Waals surface area contributed by atoms with Gasteiger partial charge in [0.1, 0.15) is 17.7 Å². The number of amides is 1. The van der Waals surface area contributed by atoms with Crippen LogP contribution >= 0.6 is 0 Å². The number of hydrogen-bond acceptors (Lipinski definition) is 4. The van der Waals surface area contributed by atoms with Crippen molar-refractivity contribution in [2.45, 2.75) is 18.9 Å². The minimum atomic E-state index is -0.379. The molecule has 2 aromatic rings. The normalized spacial score (nSPS) is 17.2. The van der Waals surface area contributed by atoms with E-state index in [-0.39, 0.29) is 17.8 Å². The summed E-state index contributed by atoms with van der Waals surface area (Å²) in [6.07, 6.45) is 2.79. The van der Waals surface area contributed by atoms with Gasteiger partial charge in [0, 0.05) is 6.61 Å². The molecular weight excluding hydrogens is 285 g/mol. The van der Waals surface area contributed by atoms with Crippen molar-refractivity contribution in [2.24, 2.45) is 0 Å². The smallest absolute Gasteiger partial charge is 0.253 e. The lowest BCUT2D eigenvalue weighted by Crippen LogP contribution is -2.26. The summed E-state index contributed by atoms with van der Waals surface area (Å²) in [7, 11) is 0. The predicted molar refractivity (Wildman–Crippen MR) is 81.5 cm³/mol. The lowest BCUT2D eigenvalue weighted by atomic mass is 10.2. The summed E-state index contributed by atoms with van der Waals surface area (Å²) < 4.78 is 18.9. The molecule has 1 amide bonds. The summed E-state index contributed by atoms with van der Waals surface area (Å²) in [4.78, 5) is 16.1. The summed E-state index contributed by atoms with van der Waals surface area (Å²) in [5.41, 5.74) is 0.936. The summed E-state index contributed by atoms with van der Waals surface area (Å²) in [6.45, 7) is 0.627. The number of carbonyl (C=O) groups excluding carboxylic acids is 1. The Morgan fingerprint density at radius 1 is 1.27 bits per heavy atom. The van der Waals surface area contributed by atoms with Crippen molar-refractivity contribution in [3.63, 3.8) is 0 Å². The molecule has 1 fully saturated rings. The molecule has 0 radical (unpaired) electrons. The Balaban J connectivity index is 1.63. The SMILES string of the molecule is O=C(Nc1ccc(Nc2ccccc2F)nc1)C1CCCO1. The molecule has 22 heavy (non-hydrogen) atoms. The van der Waals surface area contributed by atoms with Crippen LogP contribution in [0.5, 0.6) is 0 Å². The highest BCUT2D eigenvalue weighted by Gasteiger charge is 2.23. The zero-order valence-electron chi connectivity index (χ0n) is 11.9. The Hall–Kier alpha value is -2.47. The lowest BCUT2D eigenvalue weighted by Gasteiger charge is -2.11. The van der Waals surface area contributed by atoms with Crippen LogP contribution in [0.4, 0.5) is 21.6 Å². The second-order valence-electron chi connectivity index (χ2n) is 5.03. The fourth-order valence-electron chi connectivity index (χ4n) is 2.25. The largest absolute Gasteiger partial charge is 0.368 e. The van der Waals surface area contributed by atoms with Crippen LogP contribution in [-0.4, -0.2) is 23.6 Å². The number of nitrogens with one attached hydrogen (secondary N) is 2. The molecule has 5 nitrogen and oxygen atoms in total. The van der Waals surface area contributed by atoms with Gasteiger partial charge in [-0.2, -0.15) is 0 Å². The van der Waals surface area contributed by atoms with Gasteiger partial charge in [-0.3, -0.25) is 4.79 Å². The first-order valence-electron chi connectivity index (χ1n) is 7.12. The quantitative estimate of drug-likeness (QED) is 0.911. The molecule has 3 rings (SSSR count). The number of halogens is 1. The van der Waals surface area contributed by atoms with E-state index in [1.54, 1.807) is 30.3 Å². The highest BCUT2D eigenvalue weighted by Crippen LogP contribution is 2.19. The molecule has 0 saturated carbocycles. The van der Waals surface area contributed by atoms with E-state index in [0.717, 1.165) is 12.8 Å². The molecule has 1 aromatic heterocycles. The minimum absolute atomic E-state index is 0.158. The first kappa shape index (κ1) is 14.5. The molecule has 6 heteroatoms. The van der Waals surface area contributed by atoms with Gasteiger partial charge in [0.05, 0.1) is 17.6 Å². The molecular formula is C16H16FN3O2. The van der Waals surface area contributed by atoms with E-state index in [4.69, 9.17) is 4.74 Å². The van der Waals surface area contributed by atoms with Crippen LogP contribution in [0.15, 0.2) is 42.6 Å². The second kappa shape index (κ2) is 6.53. The van der Waals surface area contributed by atoms with Crippen LogP contribution in [0, 0.1) is 5.82 Å². The molecule has 114 valence electrons. The van der Waals surface area contributed by atoms with Gasteiger partial charge in [-0.25, -0.2) is 9.37 Å². The predicted octanol–water partition coefficient (Wildman–Crippen LogP) is 3.08. The molecule has 1 unspecified atom stereocenters. The highest BCUT2D eigenvalue weighted by atomic mass is 19.1. The number of rotatable bonds is 4. The van der Waals surface area contributed by atoms with Gasteiger partial charge in [-0.05, 0) is 37.1 Å². The van der Waals surface area contributed by atoms with Gasteiger partial charge in [-0.1, -0.05) is 12.1 Å². The van der Waals surface area contributed by atoms with Crippen molar-refractivity contribution in [3.05, 3.63) is 48.4 Å². The number of ether oxygens (including phenoxy) is 1. The fraction of sp³-hybridized carbons (Fsp3) is 0.250. The average Bonchev–Trinajstić information content (AvgIpc) is 3.06. The molecule has 2 N–H and O–H groups in total. The molecule has 0 bridgehead atoms. The lowest BCUT2D eigenvalue weighted by molar-refractivity contribution is -0.124. The van der Waals surface area contributed by atoms with Crippen molar-refractivity contribution in [2.75, 3.05) is 17.2 Å². The van der Waals surface area contributed by atoms with E-state index >= 15 is 0 Å². The number of benzene rings is 1. The Kier molecular flexibility index (Phi) is 4.29. The van der Waals surface area contributed by atoms with Crippen LogP contribution in [0.1, 0.15) is 12.8 Å². The van der Waals surface area contributed by atoms with E-state index in [1.165, 1.54) is 12.3 Å². The number of carbonyl (C=O) groups is 1. The maximum absolute atomic E-state index is 13.5. The molecule has 1 saturated heterocycles. The van der Waals surface area contributed by atoms with Crippen LogP contribution in [-0.2, 0) is 9.53 Å². The standard InChI is InChI=1S/C16H16FN3O2/c17-12-4-1-2-5-13(12)20-15-8-7-11(10-18-15)19-16(21)14-6-3-9-22-14/h1-2,4-5,7-8,10,14H,3,6,9H2,(H,18,20)(H,19,21). The summed E-state index contributed by atoms with van der Waals surface area (Å²) >= 11 is 0. The van der Waals surface area contributed by atoms with Crippen molar-refractivity contribution in [3.8, 4) is 0 Å². The second-order valence-corrected chi connectivity index (χ2v) is 5.03. The maximum Gasteiger partial charge on any atom is 0.253 e. The number of para-hydroxylation sites is 1. The first-order valence-corrected chi connectivity index (χ1v) is 7.12. The maximum atomic E-state index is 13.5. The van der Waals surface area contributed by atoms with Crippen molar-refractivity contribution in [1.29, 1.82) is 0 Å². The number of anilines is 3. The average molecular weight is 301 g/mol. The Morgan fingerprint density at radius 2 is 2.14 bits per heavy atom. The number of nitrogens with zero attached hydrogens (tertiary/aromatic N) is 1. The third-order valence-corrected chi connectivity index (χ3v) is 3.39. The van der Waals surface area contributed by atoms with E-state index in [0.29, 0.717) is 23.8 Å². The first-order chi connectivity index (χ1) is 10.7. The van der Waals surface area contributed by atoms with Crippen molar-refractivity contribution in [1.82, 2.24) is 4.98 Å². The fourth-order valence-corrected chi connectivity index (χ4v) is 2.25. The Morgan fingerprint density at radius 3 is 2.82 bits per heavy atom. The van der Waals surface area contributed by atoms with E-state index in [9.17, 15) is 9.18 Å². The van der Waals surface area contributed by atoms with Crippen LogP contribution in [0.3, 0.4) is 0 Å². The molecule has 2 heterocycles. The number of aromatic nitrogens is 1. The molecule has 0 aliphatic carbocycles. The zero-order valence-corrected chi connectivity index (χ0v) is 11.9. The summed E-state index contributed by atoms with van der Waals surface area (Å²) in [5.74, 6) is -0.00519. The molecule has 1 aliphatic heterocycles. The van der Waals surface area contributed by atoms with E-state index < -0.39 is 0 Å². The van der Waals surface area contributed by atoms with Gasteiger partial charge in [0.15, 0.2) is 0 Å². The van der Waals surface area contributed by atoms with Crippen LogP contribution in [0.25, 0.3) is 0 Å². The van der Waals surface area contributed by atoms with Crippen LogP contribution < -0.4 is 10.6 Å². The van der Waals surface area contributed by atoms with Crippen LogP contribution in [0.2, 0.25) is 0 Å². The van der Waals surface area contributed by atoms with Gasteiger partial charge in [0.25, 0.3) is 5.91 Å². The van der Waals surface area contributed by atoms with Crippen molar-refractivity contribution < 1.29 is 13.9 Å². The summed E-state index contributed by atoms with van der Waals surface area (Å²) in [5, 5.41) is 5.64. The van der Waals surface area contributed by atoms with Crippen molar-refractivity contribution >= 4 is 23.1 Å². The monoisotopic (exact) mass is 301 g/mol. The summed E-state index contributed by atoms with van der Waals surface area (Å²) in [6, 6.07) is 9.75. The minimum Gasteiger partial charge on any atom is -0.368 e. The van der Waals surface area contributed by atoms with Gasteiger partial charge >= 0.3 is 0 Å². The van der Waals surface area contributed by atoms with E-state index in [1.807, 2.05) is 0 Å². The van der Waals surface area contributed by atoms with Gasteiger partial charge in [0.2, 0.25) is 0 Å². The topological polar surface area (TPSA) is 63.2 Å². The number of hydrogen-bond donors (Lipinski definition) is 2. The third kappa shape index (κ3) is 3.40. The Bertz CT molecular complexity index is 655. The van der Waals surface area contributed by atoms with Gasteiger partial charge in [-0.15, -0.1) is 0 Å². The van der Waals surface area contributed by atoms with Gasteiger partial charge < -0.3 is 15.4 Å². The zero-order chi connectivity index (χ0) is 15.4. The third-order valence-electron chi connectivity index (χ3n) is 3.39. The highest BCUT2D eigenvalue weighted by molar-refractivity contribution is 5.94. The molecule has 0 spiro atoms. The molecule has 1 aromatic carbocycles. The Labute approximate surface area is 127 Å².